The third kappa shape index (κ3) is 3.63. The summed E-state index contributed by atoms with van der Waals surface area (Å²) < 4.78 is 0. The number of carboxylic acid groups (broad SMARTS) is 1. The molecule has 0 aromatic carbocycles. The standard InChI is InChI=1S/C15H21N5O4S/c1-8(21)10-11-9(3-5-18-7-19-17)13(25-6-2-4-16)12(15(23)24)20(11)14(10)22/h7-11,21H,2-3,5-6,17H2,1H3,(H,18,19)(H,23,24). The van der Waals surface area contributed by atoms with Crippen LogP contribution in [0.4, 0.5) is 0 Å². The fourth-order valence-corrected chi connectivity index (χ4v) is 4.59. The van der Waals surface area contributed by atoms with Gasteiger partial charge in [-0.1, -0.05) is 0 Å². The molecule has 0 aliphatic carbocycles. The third-order valence-corrected chi connectivity index (χ3v) is 5.56. The summed E-state index contributed by atoms with van der Waals surface area (Å²) in [4.78, 5) is 30.0. The number of nitrogens with one attached hydrogen (secondary N) is 1. The number of rotatable bonds is 9. The summed E-state index contributed by atoms with van der Waals surface area (Å²) in [6.07, 6.45) is 1.28. The molecule has 0 spiro atoms. The Morgan fingerprint density at radius 3 is 2.92 bits per heavy atom. The van der Waals surface area contributed by atoms with E-state index in [4.69, 9.17) is 11.1 Å². The van der Waals surface area contributed by atoms with Crippen molar-refractivity contribution < 1.29 is 19.8 Å². The molecule has 2 aliphatic rings. The number of hydrogen-bond acceptors (Lipinski definition) is 7. The Bertz CT molecular complexity index is 642. The number of β-lactam (4-membered cyclic amide) rings is 1. The molecule has 1 fully saturated rings. The van der Waals surface area contributed by atoms with Gasteiger partial charge in [-0.2, -0.15) is 5.26 Å². The number of aliphatic carboxylic acids is 1. The average molecular weight is 367 g/mol. The summed E-state index contributed by atoms with van der Waals surface area (Å²) in [5.41, 5.74) is 2.27. The maximum Gasteiger partial charge on any atom is 0.353 e. The fraction of sp³-hybridized carbons (Fsp3) is 0.600. The Hall–Kier alpha value is -2.09. The highest BCUT2D eigenvalue weighted by Gasteiger charge is 2.60. The first-order valence-corrected chi connectivity index (χ1v) is 8.87. The molecule has 2 rings (SSSR count). The van der Waals surface area contributed by atoms with Gasteiger partial charge in [0.2, 0.25) is 5.91 Å². The van der Waals surface area contributed by atoms with E-state index in [1.165, 1.54) is 29.9 Å². The highest BCUT2D eigenvalue weighted by atomic mass is 32.2. The molecule has 9 nitrogen and oxygen atoms in total. The summed E-state index contributed by atoms with van der Waals surface area (Å²) in [7, 11) is 0. The molecule has 2 aliphatic heterocycles. The van der Waals surface area contributed by atoms with Crippen molar-refractivity contribution in [1.29, 1.82) is 5.26 Å². The molecule has 0 radical (unpaired) electrons. The van der Waals surface area contributed by atoms with Gasteiger partial charge >= 0.3 is 5.97 Å². The number of carboxylic acids is 1. The molecule has 4 unspecified atom stereocenters. The Balaban J connectivity index is 2.30. The van der Waals surface area contributed by atoms with Crippen LogP contribution in [0, 0.1) is 23.2 Å². The molecule has 2 heterocycles. The zero-order valence-corrected chi connectivity index (χ0v) is 14.6. The first-order chi connectivity index (χ1) is 12.0. The van der Waals surface area contributed by atoms with E-state index in [-0.39, 0.29) is 30.0 Å². The van der Waals surface area contributed by atoms with E-state index < -0.39 is 18.0 Å². The third-order valence-electron chi connectivity index (χ3n) is 4.34. The van der Waals surface area contributed by atoms with Crippen LogP contribution in [0.1, 0.15) is 19.8 Å². The Morgan fingerprint density at radius 1 is 1.64 bits per heavy atom. The van der Waals surface area contributed by atoms with Crippen molar-refractivity contribution in [2.24, 2.45) is 22.7 Å². The van der Waals surface area contributed by atoms with Gasteiger partial charge in [0.05, 0.1) is 30.5 Å². The second kappa shape index (κ2) is 8.33. The van der Waals surface area contributed by atoms with Gasteiger partial charge in [0.1, 0.15) is 5.70 Å². The van der Waals surface area contributed by atoms with E-state index in [1.807, 2.05) is 6.07 Å². The van der Waals surface area contributed by atoms with Gasteiger partial charge in [0, 0.05) is 29.5 Å². The number of hydrogen-bond donors (Lipinski definition) is 4. The van der Waals surface area contributed by atoms with E-state index in [9.17, 15) is 19.8 Å². The predicted octanol–water partition coefficient (Wildman–Crippen LogP) is -0.351. The molecule has 0 aromatic rings. The van der Waals surface area contributed by atoms with Crippen LogP contribution >= 0.6 is 11.8 Å². The number of hydrazine groups is 1. The highest BCUT2D eigenvalue weighted by molar-refractivity contribution is 8.03. The Labute approximate surface area is 149 Å². The minimum atomic E-state index is -1.17. The van der Waals surface area contributed by atoms with Crippen LogP contribution in [0.15, 0.2) is 15.6 Å². The first kappa shape index (κ1) is 19.2. The van der Waals surface area contributed by atoms with Crippen LogP contribution in [0.5, 0.6) is 0 Å². The number of aliphatic hydroxyl groups excluding tert-OH is 1. The van der Waals surface area contributed by atoms with Crippen molar-refractivity contribution >= 4 is 30.0 Å². The van der Waals surface area contributed by atoms with Gasteiger partial charge < -0.3 is 20.5 Å². The van der Waals surface area contributed by atoms with Crippen LogP contribution in [0.3, 0.4) is 0 Å². The van der Waals surface area contributed by atoms with Crippen molar-refractivity contribution in [2.75, 3.05) is 12.3 Å². The number of thioether (sulfide) groups is 1. The van der Waals surface area contributed by atoms with Crippen molar-refractivity contribution in [1.82, 2.24) is 10.3 Å². The smallest absolute Gasteiger partial charge is 0.353 e. The number of nitrogens with zero attached hydrogens (tertiary/aromatic N) is 3. The van der Waals surface area contributed by atoms with Gasteiger partial charge in [-0.05, 0) is 13.3 Å². The van der Waals surface area contributed by atoms with E-state index in [1.54, 1.807) is 0 Å². The molecule has 0 saturated carbocycles. The lowest BCUT2D eigenvalue weighted by atomic mass is 9.77. The molecule has 136 valence electrons. The molecule has 25 heavy (non-hydrogen) atoms. The van der Waals surface area contributed by atoms with Gasteiger partial charge in [0.15, 0.2) is 0 Å². The first-order valence-electron chi connectivity index (χ1n) is 7.88. The zero-order valence-electron chi connectivity index (χ0n) is 13.8. The summed E-state index contributed by atoms with van der Waals surface area (Å²) in [6.45, 7) is 1.93. The minimum Gasteiger partial charge on any atom is -0.477 e. The quantitative estimate of drug-likeness (QED) is 0.108. The number of aliphatic hydroxyl groups is 1. The summed E-state index contributed by atoms with van der Waals surface area (Å²) in [6, 6.07) is 1.64. The fourth-order valence-electron chi connectivity index (χ4n) is 3.39. The molecule has 5 N–H and O–H groups in total. The number of nitrogens with two attached hydrogens (primary N) is 1. The lowest BCUT2D eigenvalue weighted by Gasteiger charge is -2.47. The van der Waals surface area contributed by atoms with Gasteiger partial charge in [-0.3, -0.25) is 9.79 Å². The van der Waals surface area contributed by atoms with Crippen molar-refractivity contribution in [3.63, 3.8) is 0 Å². The molecule has 1 amide bonds. The lowest BCUT2D eigenvalue weighted by molar-refractivity contribution is -0.163. The second-order valence-corrected chi connectivity index (χ2v) is 6.97. The maximum absolute atomic E-state index is 12.3. The molecular weight excluding hydrogens is 346 g/mol. The zero-order chi connectivity index (χ0) is 18.6. The number of amides is 1. The highest BCUT2D eigenvalue weighted by Crippen LogP contribution is 2.51. The maximum atomic E-state index is 12.3. The average Bonchev–Trinajstić information content (AvgIpc) is 2.82. The minimum absolute atomic E-state index is 0.0271. The van der Waals surface area contributed by atoms with Crippen molar-refractivity contribution in [2.45, 2.75) is 31.9 Å². The van der Waals surface area contributed by atoms with Crippen molar-refractivity contribution in [3.8, 4) is 6.07 Å². The number of aliphatic imine (C=N–C) groups is 1. The molecule has 4 atom stereocenters. The van der Waals surface area contributed by atoms with Gasteiger partial charge in [0.25, 0.3) is 0 Å². The second-order valence-electron chi connectivity index (χ2n) is 5.84. The van der Waals surface area contributed by atoms with Crippen LogP contribution in [-0.4, -0.2) is 57.8 Å². The summed E-state index contributed by atoms with van der Waals surface area (Å²) in [5.74, 6) is 3.18. The van der Waals surface area contributed by atoms with E-state index in [0.717, 1.165) is 0 Å². The number of carbonyl (C=O) groups excluding carboxylic acids is 1. The molecule has 10 heteroatoms. The van der Waals surface area contributed by atoms with Crippen LogP contribution in [0.2, 0.25) is 0 Å². The van der Waals surface area contributed by atoms with Crippen LogP contribution < -0.4 is 11.3 Å². The van der Waals surface area contributed by atoms with Crippen molar-refractivity contribution in [3.05, 3.63) is 10.6 Å². The molecular formula is C15H21N5O4S. The molecule has 0 aromatic heterocycles. The van der Waals surface area contributed by atoms with Crippen LogP contribution in [0.25, 0.3) is 0 Å². The van der Waals surface area contributed by atoms with Crippen LogP contribution in [-0.2, 0) is 9.59 Å². The Morgan fingerprint density at radius 2 is 2.36 bits per heavy atom. The summed E-state index contributed by atoms with van der Waals surface area (Å²) >= 11 is 1.29. The molecule has 1 saturated heterocycles. The van der Waals surface area contributed by atoms with Gasteiger partial charge in [-0.15, -0.1) is 11.8 Å². The van der Waals surface area contributed by atoms with E-state index >= 15 is 0 Å². The lowest BCUT2D eigenvalue weighted by Crippen LogP contribution is -2.63. The topological polar surface area (TPSA) is 152 Å². The normalized spacial score (nSPS) is 26.4. The molecule has 0 bridgehead atoms. The largest absolute Gasteiger partial charge is 0.477 e. The SMILES string of the molecule is CC(O)C1C(=O)N2C(C(=O)O)=C(SCCC#N)C(CCN=CNN)C12. The Kier molecular flexibility index (Phi) is 6.41. The number of nitriles is 1. The monoisotopic (exact) mass is 367 g/mol. The number of carbonyl (C=O) groups is 2. The van der Waals surface area contributed by atoms with E-state index in [0.29, 0.717) is 23.6 Å². The van der Waals surface area contributed by atoms with E-state index in [2.05, 4.69) is 10.4 Å². The van der Waals surface area contributed by atoms with Gasteiger partial charge in [-0.25, -0.2) is 10.6 Å². The summed E-state index contributed by atoms with van der Waals surface area (Å²) in [5, 5.41) is 28.2. The predicted molar refractivity (Wildman–Crippen MR) is 91.9 cm³/mol. The number of fused-ring (bicyclic) bond motifs is 1.